The molecule has 244 valence electrons. The Bertz CT molecular complexity index is 1690. The van der Waals surface area contributed by atoms with E-state index in [1.165, 1.54) is 23.9 Å². The van der Waals surface area contributed by atoms with Crippen LogP contribution in [-0.2, 0) is 20.9 Å². The van der Waals surface area contributed by atoms with E-state index in [-0.39, 0.29) is 46.4 Å². The number of rotatable bonds is 8. The minimum Gasteiger partial charge on any atom is -0.461 e. The quantitative estimate of drug-likeness (QED) is 0.0781. The molecule has 3 fully saturated rings. The van der Waals surface area contributed by atoms with Gasteiger partial charge in [-0.05, 0) is 55.1 Å². The lowest BCUT2D eigenvalue weighted by Crippen LogP contribution is -2.63. The Hall–Kier alpha value is -3.57. The summed E-state index contributed by atoms with van der Waals surface area (Å²) in [5.41, 5.74) is 0.977. The van der Waals surface area contributed by atoms with E-state index in [9.17, 15) is 24.8 Å². The lowest BCUT2D eigenvalue weighted by Gasteiger charge is -2.61. The molecule has 2 N–H and O–H groups in total. The number of nitro benzene ring substituents is 1. The van der Waals surface area contributed by atoms with Crippen molar-refractivity contribution in [3.05, 3.63) is 71.1 Å². The number of ketones is 1. The molecular formula is C35H43N4O6S+. The summed E-state index contributed by atoms with van der Waals surface area (Å²) >= 11 is 1.26. The molecule has 0 spiro atoms. The normalized spacial score (nSPS) is 34.0. The van der Waals surface area contributed by atoms with Gasteiger partial charge in [-0.2, -0.15) is 4.57 Å². The lowest BCUT2D eigenvalue weighted by molar-refractivity contribution is -0.687. The maximum Gasteiger partial charge on any atom is 0.316 e. The van der Waals surface area contributed by atoms with Crippen LogP contribution in [0.5, 0.6) is 0 Å². The van der Waals surface area contributed by atoms with Crippen LogP contribution in [-0.4, -0.2) is 49.7 Å². The number of pyridine rings is 1. The number of Topliss-reactive ketones (excluding diaryl/α,β-unsaturated/α-hetero) is 1. The van der Waals surface area contributed by atoms with Gasteiger partial charge in [0.25, 0.3) is 5.69 Å². The third kappa shape index (κ3) is 5.35. The predicted molar refractivity (Wildman–Crippen MR) is 174 cm³/mol. The van der Waals surface area contributed by atoms with Gasteiger partial charge < -0.3 is 14.8 Å². The molecule has 2 aromatic heterocycles. The van der Waals surface area contributed by atoms with Crippen molar-refractivity contribution in [2.45, 2.75) is 83.7 Å². The molecule has 0 aliphatic heterocycles. The number of carbonyl (C=O) groups excluding carboxylic acids is 2. The number of H-pyrrole nitrogens is 1. The van der Waals surface area contributed by atoms with E-state index < -0.39 is 28.0 Å². The SMILES string of the molecule is C=C[C@]1(C)C[C@@H](OC(=O)CSc2nc3cc[n+](Cc4ccc([N+](=O)[O-])cc4)cc3[nH]2)[C@]2(C)[C@H](C)CC[C@]3(CCC(=O)[C@H]32)[C@@H](C)[C@@H]1O. The van der Waals surface area contributed by atoms with Gasteiger partial charge in [-0.1, -0.05) is 45.5 Å². The number of nitrogens with one attached hydrogen (secondary N) is 1. The van der Waals surface area contributed by atoms with Gasteiger partial charge in [-0.15, -0.1) is 6.58 Å². The van der Waals surface area contributed by atoms with Crippen molar-refractivity contribution in [3.63, 3.8) is 0 Å². The minimum absolute atomic E-state index is 0.0388. The number of ether oxygens (including phenoxy) is 1. The van der Waals surface area contributed by atoms with E-state index in [1.807, 2.05) is 36.0 Å². The van der Waals surface area contributed by atoms with E-state index in [2.05, 4.69) is 37.3 Å². The number of esters is 1. The monoisotopic (exact) mass is 647 g/mol. The van der Waals surface area contributed by atoms with Crippen LogP contribution in [0, 0.1) is 44.1 Å². The second-order valence-electron chi connectivity index (χ2n) is 14.2. The molecule has 1 aromatic carbocycles. The van der Waals surface area contributed by atoms with Gasteiger partial charge in [0.15, 0.2) is 24.1 Å². The fourth-order valence-corrected chi connectivity index (χ4v) is 9.57. The number of nitrogens with zero attached hydrogens (tertiary/aromatic N) is 3. The number of non-ortho nitro benzene ring substituents is 1. The zero-order chi connectivity index (χ0) is 33.0. The van der Waals surface area contributed by atoms with Gasteiger partial charge in [0.05, 0.1) is 16.8 Å². The number of hydrogen-bond acceptors (Lipinski definition) is 8. The van der Waals surface area contributed by atoms with E-state index in [4.69, 9.17) is 4.74 Å². The van der Waals surface area contributed by atoms with Crippen LogP contribution in [0.1, 0.15) is 65.4 Å². The zero-order valence-corrected chi connectivity index (χ0v) is 27.7. The van der Waals surface area contributed by atoms with Gasteiger partial charge in [-0.25, -0.2) is 4.98 Å². The molecule has 3 aliphatic rings. The minimum atomic E-state index is -0.703. The second-order valence-corrected chi connectivity index (χ2v) is 15.2. The number of hydrogen-bond donors (Lipinski definition) is 2. The number of benzene rings is 1. The summed E-state index contributed by atoms with van der Waals surface area (Å²) in [7, 11) is 0. The van der Waals surface area contributed by atoms with Gasteiger partial charge in [0, 0.05) is 46.9 Å². The fraction of sp³-hybridized carbons (Fsp3) is 0.543. The zero-order valence-electron chi connectivity index (χ0n) is 26.9. The van der Waals surface area contributed by atoms with Crippen molar-refractivity contribution in [2.75, 3.05) is 5.75 Å². The Labute approximate surface area is 273 Å². The molecule has 2 bridgehead atoms. The molecule has 8 atom stereocenters. The summed E-state index contributed by atoms with van der Waals surface area (Å²) in [4.78, 5) is 45.6. The molecule has 2 heterocycles. The molecule has 10 nitrogen and oxygen atoms in total. The van der Waals surface area contributed by atoms with Crippen molar-refractivity contribution in [3.8, 4) is 0 Å². The van der Waals surface area contributed by atoms with Crippen LogP contribution >= 0.6 is 11.8 Å². The first-order chi connectivity index (χ1) is 21.8. The topological polar surface area (TPSA) is 139 Å². The smallest absolute Gasteiger partial charge is 0.316 e. The summed E-state index contributed by atoms with van der Waals surface area (Å²) in [6, 6.07) is 8.34. The van der Waals surface area contributed by atoms with E-state index >= 15 is 0 Å². The van der Waals surface area contributed by atoms with Crippen molar-refractivity contribution in [2.24, 2.45) is 34.0 Å². The summed E-state index contributed by atoms with van der Waals surface area (Å²) < 4.78 is 8.33. The Morgan fingerprint density at radius 2 is 2.00 bits per heavy atom. The number of fused-ring (bicyclic) bond motifs is 1. The summed E-state index contributed by atoms with van der Waals surface area (Å²) in [5, 5.41) is 23.3. The fourth-order valence-electron chi connectivity index (χ4n) is 8.90. The molecule has 6 rings (SSSR count). The highest BCUT2D eigenvalue weighted by molar-refractivity contribution is 7.99. The third-order valence-corrected chi connectivity index (χ3v) is 12.7. The van der Waals surface area contributed by atoms with Crippen LogP contribution in [0.4, 0.5) is 5.69 Å². The van der Waals surface area contributed by atoms with Gasteiger partial charge in [-0.3, -0.25) is 19.7 Å². The van der Waals surface area contributed by atoms with E-state index in [0.717, 1.165) is 35.9 Å². The van der Waals surface area contributed by atoms with E-state index in [0.29, 0.717) is 24.5 Å². The standard InChI is InChI=1S/C35H42N4O6S/c1-6-33(4)17-28(34(5)21(2)11-14-35(22(3)31(33)42)15-12-27(40)30(34)35)45-29(41)20-46-32-36-25-13-16-38(19-26(25)37-32)18-23-7-9-24(10-8-23)39(43)44/h6-10,13,16,19,21-22,28,30-31,42H,1,11-12,14-15,17-18,20H2,2-5H3/p+1/t21-,22+,28-,30+,31+,33-,34+,35+/m1/s1. The Balaban J connectivity index is 1.19. The van der Waals surface area contributed by atoms with Gasteiger partial charge in [0.2, 0.25) is 0 Å². The maximum absolute atomic E-state index is 13.6. The first-order valence-corrected chi connectivity index (χ1v) is 17.1. The number of nitro groups is 1. The van der Waals surface area contributed by atoms with E-state index in [1.54, 1.807) is 12.1 Å². The molecule has 3 saturated carbocycles. The van der Waals surface area contributed by atoms with Gasteiger partial charge >= 0.3 is 5.97 Å². The first-order valence-electron chi connectivity index (χ1n) is 16.1. The molecule has 3 aromatic rings. The number of aromatic amines is 1. The number of thioether (sulfide) groups is 1. The lowest BCUT2D eigenvalue weighted by atomic mass is 9.44. The molecule has 46 heavy (non-hydrogen) atoms. The van der Waals surface area contributed by atoms with Gasteiger partial charge in [0.1, 0.15) is 22.9 Å². The first kappa shape index (κ1) is 32.4. The number of aromatic nitrogens is 3. The van der Waals surface area contributed by atoms with Crippen molar-refractivity contribution < 1.29 is 28.9 Å². The highest BCUT2D eigenvalue weighted by Gasteiger charge is 2.68. The largest absolute Gasteiger partial charge is 0.461 e. The van der Waals surface area contributed by atoms with Crippen LogP contribution < -0.4 is 4.57 Å². The maximum atomic E-state index is 13.6. The van der Waals surface area contributed by atoms with Crippen LogP contribution in [0.25, 0.3) is 11.0 Å². The molecular weight excluding hydrogens is 604 g/mol. The number of carbonyl (C=O) groups is 2. The summed E-state index contributed by atoms with van der Waals surface area (Å²) in [6.45, 7) is 13.0. The number of aliphatic hydroxyl groups excluding tert-OH is 1. The highest BCUT2D eigenvalue weighted by Crippen LogP contribution is 2.68. The molecule has 0 amide bonds. The molecule has 0 saturated heterocycles. The van der Waals surface area contributed by atoms with Crippen molar-refractivity contribution in [1.29, 1.82) is 0 Å². The second kappa shape index (κ2) is 11.9. The average molecular weight is 648 g/mol. The van der Waals surface area contributed by atoms with Crippen molar-refractivity contribution in [1.82, 2.24) is 9.97 Å². The Morgan fingerprint density at radius 1 is 1.26 bits per heavy atom. The molecule has 3 aliphatic carbocycles. The van der Waals surface area contributed by atoms with Crippen molar-refractivity contribution >= 4 is 40.2 Å². The Morgan fingerprint density at radius 3 is 2.70 bits per heavy atom. The summed E-state index contributed by atoms with van der Waals surface area (Å²) in [5.74, 6) is -0.278. The summed E-state index contributed by atoms with van der Waals surface area (Å²) in [6.07, 6.45) is 7.85. The predicted octanol–water partition coefficient (Wildman–Crippen LogP) is 5.81. The molecule has 11 heteroatoms. The number of aliphatic hydroxyl groups is 1. The highest BCUT2D eigenvalue weighted by atomic mass is 32.2. The molecule has 0 radical (unpaired) electrons. The molecule has 0 unspecified atom stereocenters. The van der Waals surface area contributed by atoms with Crippen LogP contribution in [0.15, 0.2) is 60.5 Å². The average Bonchev–Trinajstić information content (AvgIpc) is 3.61. The Kier molecular flexibility index (Phi) is 8.38. The van der Waals surface area contributed by atoms with Crippen LogP contribution in [0.3, 0.4) is 0 Å². The van der Waals surface area contributed by atoms with Crippen LogP contribution in [0.2, 0.25) is 0 Å². The third-order valence-electron chi connectivity index (χ3n) is 11.9. The number of imidazole rings is 1.